The van der Waals surface area contributed by atoms with Gasteiger partial charge in [-0.3, -0.25) is 0 Å². The zero-order chi connectivity index (χ0) is 18.7. The first-order chi connectivity index (χ1) is 12.3. The molecule has 2 aromatic carbocycles. The molecule has 9 heteroatoms. The minimum Gasteiger partial charge on any atom is -0.340 e. The van der Waals surface area contributed by atoms with E-state index in [1.54, 1.807) is 0 Å². The van der Waals surface area contributed by atoms with Gasteiger partial charge in [-0.25, -0.2) is 13.8 Å². The number of benzene rings is 2. The maximum Gasteiger partial charge on any atom is 0.421 e. The Morgan fingerprint density at radius 2 is 1.23 bits per heavy atom. The van der Waals surface area contributed by atoms with Crippen molar-refractivity contribution in [1.82, 2.24) is 9.97 Å². The highest BCUT2D eigenvalue weighted by Gasteiger charge is 2.35. The summed E-state index contributed by atoms with van der Waals surface area (Å²) in [6.45, 7) is 0. The fraction of sp³-hybridized carbons (Fsp3) is 0.0588. The Morgan fingerprint density at radius 1 is 0.731 bits per heavy atom. The molecule has 0 spiro atoms. The van der Waals surface area contributed by atoms with Crippen LogP contribution in [-0.4, -0.2) is 9.97 Å². The van der Waals surface area contributed by atoms with Crippen molar-refractivity contribution in [2.24, 2.45) is 0 Å². The SMILES string of the molecule is Fc1ccc(Nc2ncc(C(F)(F)F)c(Nc3ccc(F)cc3)n2)cc1. The molecule has 26 heavy (non-hydrogen) atoms. The zero-order valence-corrected chi connectivity index (χ0v) is 13.0. The third-order valence-electron chi connectivity index (χ3n) is 3.30. The summed E-state index contributed by atoms with van der Waals surface area (Å²) in [5.41, 5.74) is -0.450. The fourth-order valence-corrected chi connectivity index (χ4v) is 2.08. The number of nitrogens with one attached hydrogen (secondary N) is 2. The molecule has 2 N–H and O–H groups in total. The molecule has 3 rings (SSSR count). The smallest absolute Gasteiger partial charge is 0.340 e. The molecule has 0 aliphatic rings. The molecule has 134 valence electrons. The second kappa shape index (κ2) is 6.95. The minimum absolute atomic E-state index is 0.116. The van der Waals surface area contributed by atoms with Gasteiger partial charge in [0.05, 0.1) is 0 Å². The highest BCUT2D eigenvalue weighted by molar-refractivity contribution is 5.62. The number of rotatable bonds is 4. The summed E-state index contributed by atoms with van der Waals surface area (Å²) in [7, 11) is 0. The van der Waals surface area contributed by atoms with Gasteiger partial charge in [0.1, 0.15) is 23.0 Å². The van der Waals surface area contributed by atoms with E-state index in [4.69, 9.17) is 0 Å². The number of aromatic nitrogens is 2. The molecule has 0 bridgehead atoms. The summed E-state index contributed by atoms with van der Waals surface area (Å²) in [5.74, 6) is -1.59. The lowest BCUT2D eigenvalue weighted by atomic mass is 10.2. The molecule has 3 aromatic rings. The third kappa shape index (κ3) is 4.24. The predicted octanol–water partition coefficient (Wildman–Crippen LogP) is 5.26. The van der Waals surface area contributed by atoms with E-state index in [2.05, 4.69) is 20.6 Å². The monoisotopic (exact) mass is 366 g/mol. The van der Waals surface area contributed by atoms with Crippen molar-refractivity contribution in [2.75, 3.05) is 10.6 Å². The molecule has 0 aliphatic heterocycles. The van der Waals surface area contributed by atoms with E-state index < -0.39 is 29.2 Å². The van der Waals surface area contributed by atoms with Crippen molar-refractivity contribution in [1.29, 1.82) is 0 Å². The van der Waals surface area contributed by atoms with Crippen molar-refractivity contribution in [3.8, 4) is 0 Å². The van der Waals surface area contributed by atoms with E-state index in [0.29, 0.717) is 11.9 Å². The number of hydrogen-bond acceptors (Lipinski definition) is 4. The Hall–Kier alpha value is -3.23. The molecular formula is C17H11F5N4. The van der Waals surface area contributed by atoms with Crippen LogP contribution in [0.2, 0.25) is 0 Å². The van der Waals surface area contributed by atoms with E-state index in [0.717, 1.165) is 12.1 Å². The maximum atomic E-state index is 13.2. The van der Waals surface area contributed by atoms with E-state index >= 15 is 0 Å². The second-order valence-electron chi connectivity index (χ2n) is 5.22. The Labute approximate surface area is 144 Å². The molecular weight excluding hydrogens is 355 g/mol. The van der Waals surface area contributed by atoms with Gasteiger partial charge in [0.25, 0.3) is 0 Å². The number of hydrogen-bond donors (Lipinski definition) is 2. The number of anilines is 4. The van der Waals surface area contributed by atoms with Gasteiger partial charge < -0.3 is 10.6 Å². The average molecular weight is 366 g/mol. The largest absolute Gasteiger partial charge is 0.421 e. The molecule has 0 aliphatic carbocycles. The van der Waals surface area contributed by atoms with Gasteiger partial charge in [0, 0.05) is 17.6 Å². The lowest BCUT2D eigenvalue weighted by molar-refractivity contribution is -0.137. The minimum atomic E-state index is -4.68. The Balaban J connectivity index is 1.93. The Morgan fingerprint density at radius 3 is 1.73 bits per heavy atom. The van der Waals surface area contributed by atoms with Crippen molar-refractivity contribution < 1.29 is 22.0 Å². The molecule has 0 saturated heterocycles. The van der Waals surface area contributed by atoms with Crippen LogP contribution in [0.15, 0.2) is 54.7 Å². The first kappa shape index (κ1) is 17.6. The average Bonchev–Trinajstić information content (AvgIpc) is 2.58. The van der Waals surface area contributed by atoms with Crippen LogP contribution >= 0.6 is 0 Å². The van der Waals surface area contributed by atoms with Crippen LogP contribution in [0, 0.1) is 11.6 Å². The van der Waals surface area contributed by atoms with Crippen LogP contribution in [0.25, 0.3) is 0 Å². The lowest BCUT2D eigenvalue weighted by Crippen LogP contribution is -2.12. The summed E-state index contributed by atoms with van der Waals surface area (Å²) >= 11 is 0. The normalized spacial score (nSPS) is 11.3. The molecule has 0 radical (unpaired) electrons. The van der Waals surface area contributed by atoms with Crippen LogP contribution in [0.4, 0.5) is 45.1 Å². The molecule has 0 unspecified atom stereocenters. The van der Waals surface area contributed by atoms with E-state index in [9.17, 15) is 22.0 Å². The number of halogens is 5. The van der Waals surface area contributed by atoms with Gasteiger partial charge in [0.2, 0.25) is 5.95 Å². The van der Waals surface area contributed by atoms with Crippen LogP contribution in [0.1, 0.15) is 5.56 Å². The molecule has 0 amide bonds. The first-order valence-electron chi connectivity index (χ1n) is 7.31. The van der Waals surface area contributed by atoms with E-state index in [1.165, 1.54) is 36.4 Å². The Bertz CT molecular complexity index is 893. The van der Waals surface area contributed by atoms with Crippen molar-refractivity contribution in [3.05, 3.63) is 71.9 Å². The highest BCUT2D eigenvalue weighted by Crippen LogP contribution is 2.35. The topological polar surface area (TPSA) is 49.8 Å². The van der Waals surface area contributed by atoms with Gasteiger partial charge in [-0.2, -0.15) is 18.2 Å². The van der Waals surface area contributed by atoms with Crippen molar-refractivity contribution in [3.63, 3.8) is 0 Å². The summed E-state index contributed by atoms with van der Waals surface area (Å²) < 4.78 is 65.4. The number of nitrogens with zero attached hydrogens (tertiary/aromatic N) is 2. The molecule has 0 atom stereocenters. The van der Waals surface area contributed by atoms with Crippen LogP contribution in [0.3, 0.4) is 0 Å². The Kier molecular flexibility index (Phi) is 4.70. The molecule has 0 saturated carbocycles. The van der Waals surface area contributed by atoms with Crippen LogP contribution in [0.5, 0.6) is 0 Å². The lowest BCUT2D eigenvalue weighted by Gasteiger charge is -2.15. The molecule has 1 aromatic heterocycles. The maximum absolute atomic E-state index is 13.2. The van der Waals surface area contributed by atoms with E-state index in [1.807, 2.05) is 0 Å². The summed E-state index contributed by atoms with van der Waals surface area (Å²) in [6, 6.07) is 9.93. The van der Waals surface area contributed by atoms with E-state index in [-0.39, 0.29) is 11.6 Å². The predicted molar refractivity (Wildman–Crippen MR) is 86.4 cm³/mol. The van der Waals surface area contributed by atoms with Crippen molar-refractivity contribution >= 4 is 23.1 Å². The van der Waals surface area contributed by atoms with Gasteiger partial charge >= 0.3 is 6.18 Å². The van der Waals surface area contributed by atoms with Gasteiger partial charge in [-0.1, -0.05) is 0 Å². The van der Waals surface area contributed by atoms with Crippen LogP contribution < -0.4 is 10.6 Å². The fourth-order valence-electron chi connectivity index (χ4n) is 2.08. The molecule has 0 fully saturated rings. The molecule has 1 heterocycles. The van der Waals surface area contributed by atoms with Gasteiger partial charge in [-0.05, 0) is 48.5 Å². The number of alkyl halides is 3. The standard InChI is InChI=1S/C17H11F5N4/c18-10-1-5-12(6-2-10)24-15-14(17(20,21)22)9-23-16(26-15)25-13-7-3-11(19)4-8-13/h1-9H,(H2,23,24,25,26). The quantitative estimate of drug-likeness (QED) is 0.619. The van der Waals surface area contributed by atoms with Crippen molar-refractivity contribution in [2.45, 2.75) is 6.18 Å². The highest BCUT2D eigenvalue weighted by atomic mass is 19.4. The first-order valence-corrected chi connectivity index (χ1v) is 7.31. The second-order valence-corrected chi connectivity index (χ2v) is 5.22. The summed E-state index contributed by atoms with van der Waals surface area (Å²) in [5, 5.41) is 5.19. The zero-order valence-electron chi connectivity index (χ0n) is 13.0. The van der Waals surface area contributed by atoms with Crippen LogP contribution in [-0.2, 0) is 6.18 Å². The van der Waals surface area contributed by atoms with Gasteiger partial charge in [0.15, 0.2) is 0 Å². The summed E-state index contributed by atoms with van der Waals surface area (Å²) in [6.07, 6.45) is -4.05. The molecule has 4 nitrogen and oxygen atoms in total. The van der Waals surface area contributed by atoms with Gasteiger partial charge in [-0.15, -0.1) is 0 Å². The third-order valence-corrected chi connectivity index (χ3v) is 3.30. The summed E-state index contributed by atoms with van der Waals surface area (Å²) in [4.78, 5) is 7.48.